The lowest BCUT2D eigenvalue weighted by Crippen LogP contribution is -2.46. The fourth-order valence-corrected chi connectivity index (χ4v) is 4.16. The predicted octanol–water partition coefficient (Wildman–Crippen LogP) is 4.59. The zero-order valence-corrected chi connectivity index (χ0v) is 21.8. The number of methoxy groups -OCH3 is 1. The van der Waals surface area contributed by atoms with Gasteiger partial charge in [-0.1, -0.05) is 31.5 Å². The third-order valence-electron chi connectivity index (χ3n) is 6.21. The Morgan fingerprint density at radius 1 is 0.973 bits per heavy atom. The first kappa shape index (κ1) is 28.1. The van der Waals surface area contributed by atoms with Crippen LogP contribution in [0.15, 0.2) is 47.6 Å². The van der Waals surface area contributed by atoms with Crippen LogP contribution in [0.3, 0.4) is 0 Å². The van der Waals surface area contributed by atoms with E-state index < -0.39 is 12.1 Å². The second kappa shape index (κ2) is 14.3. The molecule has 9 heteroatoms. The Labute approximate surface area is 218 Å². The van der Waals surface area contributed by atoms with Gasteiger partial charge >= 0.3 is 0 Å². The topological polar surface area (TPSA) is 115 Å². The lowest BCUT2D eigenvalue weighted by atomic mass is 9.98. The molecule has 2 atom stereocenters. The van der Waals surface area contributed by atoms with E-state index in [2.05, 4.69) is 15.8 Å². The number of carbonyl (C=O) groups excluding carboxylic acids is 2. The minimum absolute atomic E-state index is 0.0752. The Morgan fingerprint density at radius 2 is 1.68 bits per heavy atom. The monoisotopic (exact) mass is 511 g/mol. The number of Topliss-reactive ketones (excluding diaryl/α,β-unsaturated/α-hetero) is 1. The van der Waals surface area contributed by atoms with Crippen molar-refractivity contribution in [3.05, 3.63) is 58.5 Å². The highest BCUT2D eigenvalue weighted by Gasteiger charge is 2.27. The fraction of sp³-hybridized carbons (Fsp3) is 0.500. The number of nitroso groups, excluding NO2 is 1. The predicted molar refractivity (Wildman–Crippen MR) is 141 cm³/mol. The molecule has 0 fully saturated rings. The molecule has 200 valence electrons. The molecular weight excluding hydrogens is 474 g/mol. The highest BCUT2D eigenvalue weighted by Crippen LogP contribution is 2.34. The van der Waals surface area contributed by atoms with E-state index in [1.807, 2.05) is 13.8 Å². The molecule has 1 aliphatic rings. The second-order valence-electron chi connectivity index (χ2n) is 9.40. The van der Waals surface area contributed by atoms with E-state index in [1.165, 1.54) is 0 Å². The summed E-state index contributed by atoms with van der Waals surface area (Å²) in [6, 6.07) is 11.3. The molecule has 2 aromatic carbocycles. The number of nitrogens with one attached hydrogen (secondary N) is 2. The molecule has 0 saturated heterocycles. The van der Waals surface area contributed by atoms with Crippen LogP contribution in [0.2, 0.25) is 0 Å². The first-order valence-corrected chi connectivity index (χ1v) is 12.8. The zero-order chi connectivity index (χ0) is 26.6. The SMILES string of the molecule is COc1ccc(C(=O)CCCCCC(=O)N[C@H](CNC(C)C)C(N=O)c2ccc3c(c2)OCCO3)cc1. The smallest absolute Gasteiger partial charge is 0.220 e. The van der Waals surface area contributed by atoms with Gasteiger partial charge in [-0.25, -0.2) is 0 Å². The normalized spacial score (nSPS) is 14.1. The Hall–Kier alpha value is -3.46. The van der Waals surface area contributed by atoms with Crippen LogP contribution in [-0.4, -0.2) is 50.6 Å². The lowest BCUT2D eigenvalue weighted by molar-refractivity contribution is -0.122. The van der Waals surface area contributed by atoms with Gasteiger partial charge in [-0.2, -0.15) is 4.91 Å². The van der Waals surface area contributed by atoms with Crippen molar-refractivity contribution >= 4 is 11.7 Å². The molecule has 2 N–H and O–H groups in total. The summed E-state index contributed by atoms with van der Waals surface area (Å²) < 4.78 is 16.3. The zero-order valence-electron chi connectivity index (χ0n) is 21.8. The van der Waals surface area contributed by atoms with Gasteiger partial charge in [-0.3, -0.25) is 9.59 Å². The van der Waals surface area contributed by atoms with E-state index in [4.69, 9.17) is 14.2 Å². The van der Waals surface area contributed by atoms with E-state index in [9.17, 15) is 14.5 Å². The van der Waals surface area contributed by atoms with Gasteiger partial charge in [-0.15, -0.1) is 0 Å². The van der Waals surface area contributed by atoms with Gasteiger partial charge in [0.25, 0.3) is 0 Å². The quantitative estimate of drug-likeness (QED) is 0.204. The lowest BCUT2D eigenvalue weighted by Gasteiger charge is -2.26. The summed E-state index contributed by atoms with van der Waals surface area (Å²) in [5, 5.41) is 9.65. The molecule has 9 nitrogen and oxygen atoms in total. The third-order valence-corrected chi connectivity index (χ3v) is 6.21. The van der Waals surface area contributed by atoms with Gasteiger partial charge in [0.05, 0.1) is 13.2 Å². The molecule has 0 aliphatic carbocycles. The van der Waals surface area contributed by atoms with Crippen LogP contribution >= 0.6 is 0 Å². The van der Waals surface area contributed by atoms with Gasteiger partial charge in [0.2, 0.25) is 5.91 Å². The molecule has 1 aliphatic heterocycles. The maximum atomic E-state index is 12.8. The summed E-state index contributed by atoms with van der Waals surface area (Å²) in [6.07, 6.45) is 2.83. The molecule has 1 heterocycles. The summed E-state index contributed by atoms with van der Waals surface area (Å²) in [4.78, 5) is 37.0. The largest absolute Gasteiger partial charge is 0.497 e. The average molecular weight is 512 g/mol. The van der Waals surface area contributed by atoms with Crippen LogP contribution in [0.1, 0.15) is 67.9 Å². The van der Waals surface area contributed by atoms with Crippen LogP contribution in [0.4, 0.5) is 0 Å². The molecule has 0 bridgehead atoms. The summed E-state index contributed by atoms with van der Waals surface area (Å²) in [5.74, 6) is 1.84. The van der Waals surface area contributed by atoms with Crippen molar-refractivity contribution in [1.29, 1.82) is 0 Å². The summed E-state index contributed by atoms with van der Waals surface area (Å²) in [7, 11) is 1.59. The Bertz CT molecular complexity index is 1040. The molecule has 0 spiro atoms. The van der Waals surface area contributed by atoms with Crippen LogP contribution in [0.5, 0.6) is 17.2 Å². The van der Waals surface area contributed by atoms with Gasteiger partial charge in [-0.05, 0) is 54.8 Å². The van der Waals surface area contributed by atoms with Crippen molar-refractivity contribution in [3.63, 3.8) is 0 Å². The van der Waals surface area contributed by atoms with Gasteiger partial charge in [0.15, 0.2) is 17.3 Å². The standard InChI is InChI=1S/C28H37N3O6/c1-19(2)29-18-23(28(31-34)21-11-14-25-26(17-21)37-16-15-36-25)30-27(33)8-6-4-5-7-24(32)20-9-12-22(35-3)13-10-20/h9-14,17,19,23,28-29H,4-8,15-16,18H2,1-3H3,(H,30,33)/t23-,28?/m1/s1. The van der Waals surface area contributed by atoms with E-state index >= 15 is 0 Å². The number of hydrogen-bond acceptors (Lipinski definition) is 8. The van der Waals surface area contributed by atoms with Crippen molar-refractivity contribution < 1.29 is 23.8 Å². The highest BCUT2D eigenvalue weighted by molar-refractivity contribution is 5.96. The molecule has 0 aromatic heterocycles. The number of fused-ring (bicyclic) bond motifs is 1. The maximum Gasteiger partial charge on any atom is 0.220 e. The number of hydrogen-bond donors (Lipinski definition) is 2. The summed E-state index contributed by atoms with van der Waals surface area (Å²) in [5.41, 5.74) is 1.32. The van der Waals surface area contributed by atoms with E-state index in [-0.39, 0.29) is 17.7 Å². The number of rotatable bonds is 15. The number of amides is 1. The van der Waals surface area contributed by atoms with Crippen LogP contribution in [-0.2, 0) is 4.79 Å². The van der Waals surface area contributed by atoms with Crippen LogP contribution in [0, 0.1) is 4.91 Å². The van der Waals surface area contributed by atoms with Gasteiger partial charge in [0, 0.05) is 31.0 Å². The number of nitrogens with zero attached hydrogens (tertiary/aromatic N) is 1. The van der Waals surface area contributed by atoms with Gasteiger partial charge in [0.1, 0.15) is 25.0 Å². The second-order valence-corrected chi connectivity index (χ2v) is 9.40. The molecule has 0 radical (unpaired) electrons. The van der Waals surface area contributed by atoms with Crippen molar-refractivity contribution in [2.24, 2.45) is 5.18 Å². The van der Waals surface area contributed by atoms with Crippen molar-refractivity contribution in [2.45, 2.75) is 64.1 Å². The molecule has 37 heavy (non-hydrogen) atoms. The van der Waals surface area contributed by atoms with Crippen LogP contribution < -0.4 is 24.8 Å². The first-order chi connectivity index (χ1) is 17.9. The third kappa shape index (κ3) is 8.56. The molecule has 0 saturated carbocycles. The number of benzene rings is 2. The van der Waals surface area contributed by atoms with Crippen molar-refractivity contribution in [3.8, 4) is 17.2 Å². The minimum atomic E-state index is -0.784. The number of ether oxygens (including phenoxy) is 3. The minimum Gasteiger partial charge on any atom is -0.497 e. The summed E-state index contributed by atoms with van der Waals surface area (Å²) >= 11 is 0. The molecule has 1 amide bonds. The Kier molecular flexibility index (Phi) is 10.9. The van der Waals surface area contributed by atoms with Crippen molar-refractivity contribution in [1.82, 2.24) is 10.6 Å². The molecule has 2 aromatic rings. The van der Waals surface area contributed by atoms with E-state index in [1.54, 1.807) is 49.6 Å². The highest BCUT2D eigenvalue weighted by atomic mass is 16.6. The average Bonchev–Trinajstić information content (AvgIpc) is 2.91. The fourth-order valence-electron chi connectivity index (χ4n) is 4.16. The Morgan fingerprint density at radius 3 is 2.35 bits per heavy atom. The number of ketones is 1. The molecular formula is C28H37N3O6. The number of unbranched alkanes of at least 4 members (excludes halogenated alkanes) is 2. The first-order valence-electron chi connectivity index (χ1n) is 12.8. The molecule has 3 rings (SSSR count). The maximum absolute atomic E-state index is 12.8. The van der Waals surface area contributed by atoms with Gasteiger partial charge < -0.3 is 24.8 Å². The Balaban J connectivity index is 1.51. The van der Waals surface area contributed by atoms with Crippen molar-refractivity contribution in [2.75, 3.05) is 26.9 Å². The van der Waals surface area contributed by atoms with E-state index in [0.29, 0.717) is 73.8 Å². The van der Waals surface area contributed by atoms with Crippen LogP contribution in [0.25, 0.3) is 0 Å². The number of carbonyl (C=O) groups is 2. The molecule has 1 unspecified atom stereocenters. The summed E-state index contributed by atoms with van der Waals surface area (Å²) in [6.45, 7) is 5.31. The van der Waals surface area contributed by atoms with E-state index in [0.717, 1.165) is 6.42 Å².